The van der Waals surface area contributed by atoms with Gasteiger partial charge < -0.3 is 19.3 Å². The highest BCUT2D eigenvalue weighted by Crippen LogP contribution is 2.47. The van der Waals surface area contributed by atoms with Crippen LogP contribution in [0.4, 0.5) is 0 Å². The number of hydrogen-bond acceptors (Lipinski definition) is 6. The molecular formula is C24H25NO6. The van der Waals surface area contributed by atoms with Gasteiger partial charge in [0.25, 0.3) is 0 Å². The summed E-state index contributed by atoms with van der Waals surface area (Å²) in [4.78, 5) is 26.9. The van der Waals surface area contributed by atoms with Crippen LogP contribution in [0, 0.1) is 5.92 Å². The summed E-state index contributed by atoms with van der Waals surface area (Å²) in [6.45, 7) is 2.53. The minimum absolute atomic E-state index is 0.0588. The molecule has 2 heterocycles. The van der Waals surface area contributed by atoms with Gasteiger partial charge in [0.05, 0.1) is 19.6 Å². The third-order valence-corrected chi connectivity index (χ3v) is 5.88. The summed E-state index contributed by atoms with van der Waals surface area (Å²) in [6.07, 6.45) is 3.22. The molecule has 2 aliphatic heterocycles. The molecule has 0 aromatic heterocycles. The molecule has 31 heavy (non-hydrogen) atoms. The number of likely N-dealkylation sites (tertiary alicyclic amines) is 1. The Balaban J connectivity index is 1.73. The van der Waals surface area contributed by atoms with E-state index in [-0.39, 0.29) is 25.0 Å². The van der Waals surface area contributed by atoms with Gasteiger partial charge in [0.2, 0.25) is 6.79 Å². The molecule has 2 aromatic carbocycles. The average molecular weight is 423 g/mol. The SMILES string of the molecule is CC=CC(=O)CN1CC(c2ccc3c(c2)OCO3)C(C(=O)O)C1c1ccc(OC)cc1. The first kappa shape index (κ1) is 20.9. The number of carbonyl (C=O) groups is 2. The lowest BCUT2D eigenvalue weighted by molar-refractivity contribution is -0.143. The number of allylic oxidation sites excluding steroid dienone is 1. The predicted molar refractivity (Wildman–Crippen MR) is 114 cm³/mol. The Morgan fingerprint density at radius 1 is 1.13 bits per heavy atom. The van der Waals surface area contributed by atoms with E-state index in [1.165, 1.54) is 6.08 Å². The fourth-order valence-corrected chi connectivity index (χ4v) is 4.51. The van der Waals surface area contributed by atoms with Crippen LogP contribution >= 0.6 is 0 Å². The average Bonchev–Trinajstić information content (AvgIpc) is 3.38. The van der Waals surface area contributed by atoms with Gasteiger partial charge in [-0.2, -0.15) is 0 Å². The standard InChI is InChI=1S/C24H25NO6/c1-3-4-17(26)12-25-13-19(16-7-10-20-21(11-16)31-14-30-20)22(24(27)28)23(25)15-5-8-18(29-2)9-6-15/h3-11,19,22-23H,12-14H2,1-2H3,(H,27,28). The second-order valence-electron chi connectivity index (χ2n) is 7.70. The van der Waals surface area contributed by atoms with Crippen LogP contribution in [0.3, 0.4) is 0 Å². The topological polar surface area (TPSA) is 85.3 Å². The third kappa shape index (κ3) is 4.14. The number of methoxy groups -OCH3 is 1. The quantitative estimate of drug-likeness (QED) is 0.683. The van der Waals surface area contributed by atoms with Gasteiger partial charge in [0.1, 0.15) is 5.75 Å². The van der Waals surface area contributed by atoms with Crippen LogP contribution < -0.4 is 14.2 Å². The van der Waals surface area contributed by atoms with Crippen molar-refractivity contribution in [1.82, 2.24) is 4.90 Å². The zero-order chi connectivity index (χ0) is 22.0. The molecular weight excluding hydrogens is 398 g/mol. The molecule has 7 heteroatoms. The molecule has 3 atom stereocenters. The molecule has 162 valence electrons. The molecule has 7 nitrogen and oxygen atoms in total. The van der Waals surface area contributed by atoms with Crippen molar-refractivity contribution in [3.05, 3.63) is 65.7 Å². The molecule has 1 fully saturated rings. The van der Waals surface area contributed by atoms with Gasteiger partial charge in [-0.3, -0.25) is 14.5 Å². The first-order chi connectivity index (χ1) is 15.0. The molecule has 0 radical (unpaired) electrons. The lowest BCUT2D eigenvalue weighted by Gasteiger charge is -2.26. The number of ketones is 1. The molecule has 0 aliphatic carbocycles. The number of nitrogens with zero attached hydrogens (tertiary/aromatic N) is 1. The lowest BCUT2D eigenvalue weighted by Crippen LogP contribution is -2.32. The van der Waals surface area contributed by atoms with Crippen molar-refractivity contribution in [2.45, 2.75) is 18.9 Å². The van der Waals surface area contributed by atoms with E-state index in [1.807, 2.05) is 47.4 Å². The maximum absolute atomic E-state index is 12.5. The van der Waals surface area contributed by atoms with Gasteiger partial charge in [-0.15, -0.1) is 0 Å². The van der Waals surface area contributed by atoms with Crippen molar-refractivity contribution in [3.63, 3.8) is 0 Å². The number of hydrogen-bond donors (Lipinski definition) is 1. The van der Waals surface area contributed by atoms with E-state index < -0.39 is 17.9 Å². The minimum atomic E-state index is -0.899. The lowest BCUT2D eigenvalue weighted by atomic mass is 9.82. The van der Waals surface area contributed by atoms with E-state index >= 15 is 0 Å². The van der Waals surface area contributed by atoms with Crippen LogP contribution in [-0.4, -0.2) is 48.8 Å². The molecule has 0 amide bonds. The second-order valence-corrected chi connectivity index (χ2v) is 7.70. The van der Waals surface area contributed by atoms with E-state index in [1.54, 1.807) is 20.1 Å². The van der Waals surface area contributed by atoms with Gasteiger partial charge in [-0.05, 0) is 48.4 Å². The van der Waals surface area contributed by atoms with Gasteiger partial charge in [0.15, 0.2) is 17.3 Å². The van der Waals surface area contributed by atoms with Crippen LogP contribution in [0.2, 0.25) is 0 Å². The summed E-state index contributed by atoms with van der Waals surface area (Å²) in [7, 11) is 1.59. The van der Waals surface area contributed by atoms with Crippen molar-refractivity contribution in [2.24, 2.45) is 5.92 Å². The summed E-state index contributed by atoms with van der Waals surface area (Å²) in [6, 6.07) is 12.5. The van der Waals surface area contributed by atoms with E-state index in [4.69, 9.17) is 14.2 Å². The normalized spacial score (nSPS) is 22.7. The van der Waals surface area contributed by atoms with E-state index in [0.717, 1.165) is 11.1 Å². The highest BCUT2D eigenvalue weighted by molar-refractivity contribution is 5.91. The number of carboxylic acid groups (broad SMARTS) is 1. The maximum Gasteiger partial charge on any atom is 0.309 e. The molecule has 4 rings (SSSR count). The Morgan fingerprint density at radius 2 is 1.84 bits per heavy atom. The van der Waals surface area contributed by atoms with Crippen LogP contribution in [0.1, 0.15) is 30.0 Å². The number of carboxylic acids is 1. The Morgan fingerprint density at radius 3 is 2.52 bits per heavy atom. The molecule has 1 saturated heterocycles. The molecule has 2 aliphatic rings. The fraction of sp³-hybridized carbons (Fsp3) is 0.333. The summed E-state index contributed by atoms with van der Waals surface area (Å²) < 4.78 is 16.1. The van der Waals surface area contributed by atoms with Gasteiger partial charge in [-0.1, -0.05) is 24.3 Å². The number of aliphatic carboxylic acids is 1. The molecule has 0 saturated carbocycles. The zero-order valence-corrected chi connectivity index (χ0v) is 17.5. The summed E-state index contributed by atoms with van der Waals surface area (Å²) in [5.74, 6) is -0.0327. The van der Waals surface area contributed by atoms with Crippen molar-refractivity contribution >= 4 is 11.8 Å². The van der Waals surface area contributed by atoms with Gasteiger partial charge in [0, 0.05) is 18.5 Å². The molecule has 1 N–H and O–H groups in total. The number of fused-ring (bicyclic) bond motifs is 1. The Bertz CT molecular complexity index is 1000. The smallest absolute Gasteiger partial charge is 0.309 e. The number of carbonyl (C=O) groups excluding carboxylic acids is 1. The molecule has 2 aromatic rings. The fourth-order valence-electron chi connectivity index (χ4n) is 4.51. The van der Waals surface area contributed by atoms with Crippen molar-refractivity contribution in [2.75, 3.05) is 27.0 Å². The number of benzene rings is 2. The van der Waals surface area contributed by atoms with E-state index in [9.17, 15) is 14.7 Å². The van der Waals surface area contributed by atoms with Crippen molar-refractivity contribution in [1.29, 1.82) is 0 Å². The summed E-state index contributed by atoms with van der Waals surface area (Å²) in [5, 5.41) is 10.2. The summed E-state index contributed by atoms with van der Waals surface area (Å²) >= 11 is 0. The molecule has 0 spiro atoms. The predicted octanol–water partition coefficient (Wildman–Crippen LogP) is 3.41. The largest absolute Gasteiger partial charge is 0.497 e. The van der Waals surface area contributed by atoms with Crippen molar-refractivity contribution < 1.29 is 28.9 Å². The summed E-state index contributed by atoms with van der Waals surface area (Å²) in [5.41, 5.74) is 1.70. The minimum Gasteiger partial charge on any atom is -0.497 e. The van der Waals surface area contributed by atoms with Crippen molar-refractivity contribution in [3.8, 4) is 17.2 Å². The first-order valence-corrected chi connectivity index (χ1v) is 10.2. The van der Waals surface area contributed by atoms with Crippen LogP contribution in [0.25, 0.3) is 0 Å². The third-order valence-electron chi connectivity index (χ3n) is 5.88. The Labute approximate surface area is 180 Å². The van der Waals surface area contributed by atoms with Gasteiger partial charge >= 0.3 is 5.97 Å². The van der Waals surface area contributed by atoms with Crippen LogP contribution in [0.5, 0.6) is 17.2 Å². The number of rotatable bonds is 7. The van der Waals surface area contributed by atoms with Crippen LogP contribution in [0.15, 0.2) is 54.6 Å². The first-order valence-electron chi connectivity index (χ1n) is 10.2. The monoisotopic (exact) mass is 423 g/mol. The van der Waals surface area contributed by atoms with Gasteiger partial charge in [-0.25, -0.2) is 0 Å². The Hall–Kier alpha value is -3.32. The van der Waals surface area contributed by atoms with E-state index in [0.29, 0.717) is 23.8 Å². The zero-order valence-electron chi connectivity index (χ0n) is 17.5. The maximum atomic E-state index is 12.5. The van der Waals surface area contributed by atoms with E-state index in [2.05, 4.69) is 0 Å². The molecule has 3 unspecified atom stereocenters. The highest BCUT2D eigenvalue weighted by Gasteiger charge is 2.47. The van der Waals surface area contributed by atoms with Crippen LogP contribution in [-0.2, 0) is 9.59 Å². The number of ether oxygens (including phenoxy) is 3. The molecule has 0 bridgehead atoms. The highest BCUT2D eigenvalue weighted by atomic mass is 16.7. The Kier molecular flexibility index (Phi) is 5.95. The second kappa shape index (κ2) is 8.81.